The van der Waals surface area contributed by atoms with E-state index in [9.17, 15) is 4.39 Å². The summed E-state index contributed by atoms with van der Waals surface area (Å²) in [7, 11) is 0. The first-order chi connectivity index (χ1) is 6.06. The van der Waals surface area contributed by atoms with Crippen molar-refractivity contribution in [3.8, 4) is 0 Å². The van der Waals surface area contributed by atoms with Gasteiger partial charge in [0.1, 0.15) is 0 Å². The molecule has 0 unspecified atom stereocenters. The van der Waals surface area contributed by atoms with Gasteiger partial charge in [0.05, 0.1) is 6.67 Å². The molecule has 0 atom stereocenters. The third-order valence-electron chi connectivity index (χ3n) is 2.62. The van der Waals surface area contributed by atoms with Gasteiger partial charge < -0.3 is 0 Å². The van der Waals surface area contributed by atoms with Gasteiger partial charge in [0.2, 0.25) is 0 Å². The standard InChI is InChI=1S/C12H16F/c1-8-5-12(10(3)7-13)6-9(2)11(8)4/h5-6H,7H2,1-4H3. The SMILES string of the molecule is C[C](CF)c1cc(C)c(C)c(C)c1. The molecule has 13 heavy (non-hydrogen) atoms. The van der Waals surface area contributed by atoms with Gasteiger partial charge in [0.15, 0.2) is 0 Å². The van der Waals surface area contributed by atoms with Crippen molar-refractivity contribution in [2.45, 2.75) is 27.7 Å². The molecule has 1 aromatic rings. The molecule has 0 spiro atoms. The van der Waals surface area contributed by atoms with Crippen molar-refractivity contribution in [3.63, 3.8) is 0 Å². The number of aryl methyl sites for hydroxylation is 2. The van der Waals surface area contributed by atoms with Crippen molar-refractivity contribution < 1.29 is 4.39 Å². The van der Waals surface area contributed by atoms with E-state index in [4.69, 9.17) is 0 Å². The molecule has 0 N–H and O–H groups in total. The fourth-order valence-corrected chi connectivity index (χ4v) is 1.36. The number of hydrogen-bond donors (Lipinski definition) is 0. The molecule has 0 aromatic heterocycles. The van der Waals surface area contributed by atoms with Crippen LogP contribution in [0, 0.1) is 26.7 Å². The summed E-state index contributed by atoms with van der Waals surface area (Å²) in [4.78, 5) is 0. The van der Waals surface area contributed by atoms with Gasteiger partial charge in [-0.15, -0.1) is 0 Å². The maximum atomic E-state index is 12.4. The number of rotatable bonds is 2. The van der Waals surface area contributed by atoms with E-state index in [1.807, 2.05) is 6.92 Å². The Morgan fingerprint density at radius 1 is 1.15 bits per heavy atom. The molecule has 0 aliphatic carbocycles. The van der Waals surface area contributed by atoms with Crippen LogP contribution >= 0.6 is 0 Å². The summed E-state index contributed by atoms with van der Waals surface area (Å²) in [6.45, 7) is 7.71. The zero-order valence-corrected chi connectivity index (χ0v) is 8.74. The average molecular weight is 179 g/mol. The Morgan fingerprint density at radius 2 is 1.62 bits per heavy atom. The van der Waals surface area contributed by atoms with E-state index in [2.05, 4.69) is 32.9 Å². The summed E-state index contributed by atoms with van der Waals surface area (Å²) in [5.41, 5.74) is 4.81. The maximum absolute atomic E-state index is 12.4. The van der Waals surface area contributed by atoms with Crippen molar-refractivity contribution in [2.24, 2.45) is 0 Å². The smallest absolute Gasteiger partial charge is 0.0997 e. The number of hydrogen-bond acceptors (Lipinski definition) is 0. The van der Waals surface area contributed by atoms with Crippen molar-refractivity contribution >= 4 is 0 Å². The third-order valence-corrected chi connectivity index (χ3v) is 2.62. The number of alkyl halides is 1. The summed E-state index contributed by atoms with van der Waals surface area (Å²) in [6.07, 6.45) is 0. The van der Waals surface area contributed by atoms with Gasteiger partial charge in [-0.05, 0) is 43.0 Å². The van der Waals surface area contributed by atoms with Gasteiger partial charge in [-0.25, -0.2) is 0 Å². The van der Waals surface area contributed by atoms with Crippen LogP contribution in [0.15, 0.2) is 12.1 Å². The minimum Gasteiger partial charge on any atom is -0.250 e. The molecule has 0 heterocycles. The lowest BCUT2D eigenvalue weighted by atomic mass is 9.94. The quantitative estimate of drug-likeness (QED) is 0.651. The lowest BCUT2D eigenvalue weighted by molar-refractivity contribution is 0.516. The van der Waals surface area contributed by atoms with E-state index >= 15 is 0 Å². The van der Waals surface area contributed by atoms with Gasteiger partial charge in [0.25, 0.3) is 0 Å². The zero-order valence-electron chi connectivity index (χ0n) is 8.74. The van der Waals surface area contributed by atoms with Crippen LogP contribution < -0.4 is 0 Å². The maximum Gasteiger partial charge on any atom is 0.0997 e. The summed E-state index contributed by atoms with van der Waals surface area (Å²) >= 11 is 0. The molecule has 0 nitrogen and oxygen atoms in total. The van der Waals surface area contributed by atoms with Crippen LogP contribution in [0.4, 0.5) is 4.39 Å². The molecule has 0 saturated carbocycles. The Morgan fingerprint density at radius 3 is 2.00 bits per heavy atom. The molecule has 0 aliphatic rings. The monoisotopic (exact) mass is 179 g/mol. The molecule has 1 rings (SSSR count). The van der Waals surface area contributed by atoms with E-state index in [-0.39, 0.29) is 6.67 Å². The molecule has 0 bridgehead atoms. The Labute approximate surface area is 79.8 Å². The summed E-state index contributed by atoms with van der Waals surface area (Å²) < 4.78 is 12.4. The molecule has 0 aliphatic heterocycles. The van der Waals surface area contributed by atoms with Crippen molar-refractivity contribution in [3.05, 3.63) is 40.3 Å². The minimum absolute atomic E-state index is 0.359. The van der Waals surface area contributed by atoms with Crippen molar-refractivity contribution in [1.82, 2.24) is 0 Å². The Balaban J connectivity index is 3.13. The second kappa shape index (κ2) is 3.91. The van der Waals surface area contributed by atoms with Gasteiger partial charge in [-0.2, -0.15) is 0 Å². The fourth-order valence-electron chi connectivity index (χ4n) is 1.36. The predicted molar refractivity (Wildman–Crippen MR) is 54.6 cm³/mol. The van der Waals surface area contributed by atoms with E-state index in [0.29, 0.717) is 0 Å². The van der Waals surface area contributed by atoms with E-state index in [0.717, 1.165) is 11.5 Å². The zero-order chi connectivity index (χ0) is 10.0. The van der Waals surface area contributed by atoms with Crippen LogP contribution in [0.25, 0.3) is 0 Å². The molecule has 1 heteroatoms. The largest absolute Gasteiger partial charge is 0.250 e. The van der Waals surface area contributed by atoms with Crippen LogP contribution in [-0.4, -0.2) is 6.67 Å². The first-order valence-electron chi connectivity index (χ1n) is 4.53. The van der Waals surface area contributed by atoms with Crippen molar-refractivity contribution in [1.29, 1.82) is 0 Å². The van der Waals surface area contributed by atoms with Crippen LogP contribution in [0.3, 0.4) is 0 Å². The van der Waals surface area contributed by atoms with Gasteiger partial charge >= 0.3 is 0 Å². The van der Waals surface area contributed by atoms with Gasteiger partial charge in [-0.1, -0.05) is 19.1 Å². The Bertz CT molecular complexity index is 279. The van der Waals surface area contributed by atoms with Crippen LogP contribution in [0.5, 0.6) is 0 Å². The van der Waals surface area contributed by atoms with Crippen LogP contribution in [0.1, 0.15) is 29.2 Å². The lowest BCUT2D eigenvalue weighted by Gasteiger charge is -2.11. The first-order valence-corrected chi connectivity index (χ1v) is 4.53. The highest BCUT2D eigenvalue weighted by Crippen LogP contribution is 2.21. The topological polar surface area (TPSA) is 0 Å². The molecular weight excluding hydrogens is 163 g/mol. The average Bonchev–Trinajstić information content (AvgIpc) is 2.12. The second-order valence-corrected chi connectivity index (χ2v) is 3.65. The second-order valence-electron chi connectivity index (χ2n) is 3.65. The third kappa shape index (κ3) is 2.09. The Hall–Kier alpha value is -0.850. The van der Waals surface area contributed by atoms with Crippen LogP contribution in [0.2, 0.25) is 0 Å². The highest BCUT2D eigenvalue weighted by molar-refractivity contribution is 5.42. The van der Waals surface area contributed by atoms with Crippen molar-refractivity contribution in [2.75, 3.05) is 6.67 Å². The van der Waals surface area contributed by atoms with Gasteiger partial charge in [0, 0.05) is 5.92 Å². The summed E-state index contributed by atoms with van der Waals surface area (Å²) in [5, 5.41) is 0. The predicted octanol–water partition coefficient (Wildman–Crippen LogP) is 3.52. The highest BCUT2D eigenvalue weighted by atomic mass is 19.1. The van der Waals surface area contributed by atoms with Gasteiger partial charge in [-0.3, -0.25) is 4.39 Å². The Kier molecular flexibility index (Phi) is 3.07. The highest BCUT2D eigenvalue weighted by Gasteiger charge is 2.08. The number of benzene rings is 1. The lowest BCUT2D eigenvalue weighted by Crippen LogP contribution is -1.99. The molecule has 0 fully saturated rings. The number of halogens is 1. The van der Waals surface area contributed by atoms with Crippen LogP contribution in [-0.2, 0) is 0 Å². The minimum atomic E-state index is -0.359. The summed E-state index contributed by atoms with van der Waals surface area (Å²) in [5.74, 6) is 0.811. The molecule has 1 radical (unpaired) electrons. The van der Waals surface area contributed by atoms with E-state index in [1.165, 1.54) is 16.7 Å². The normalized spacial score (nSPS) is 10.9. The van der Waals surface area contributed by atoms with E-state index < -0.39 is 0 Å². The summed E-state index contributed by atoms with van der Waals surface area (Å²) in [6, 6.07) is 4.11. The molecular formula is C12H16F. The molecule has 71 valence electrons. The molecule has 0 amide bonds. The fraction of sp³-hybridized carbons (Fsp3) is 0.417. The molecule has 1 aromatic carbocycles. The van der Waals surface area contributed by atoms with E-state index in [1.54, 1.807) is 0 Å². The molecule has 0 saturated heterocycles. The first kappa shape index (κ1) is 10.2.